The second-order valence-corrected chi connectivity index (χ2v) is 5.13. The molecule has 20 heavy (non-hydrogen) atoms. The Morgan fingerprint density at radius 1 is 0.950 bits per heavy atom. The molecule has 0 aliphatic carbocycles. The number of rotatable bonds is 3. The molecule has 0 aliphatic rings. The van der Waals surface area contributed by atoms with Crippen LogP contribution in [-0.2, 0) is 6.18 Å². The van der Waals surface area contributed by atoms with Gasteiger partial charge in [0.1, 0.15) is 4.83 Å². The standard InChI is InChI=1S/C15H10BrF3O/c16-13(14(20)11-4-2-1-3-5-11)10-6-8-12(9-7-10)15(17,18)19/h1-9,13H. The van der Waals surface area contributed by atoms with Gasteiger partial charge < -0.3 is 0 Å². The highest BCUT2D eigenvalue weighted by Gasteiger charge is 2.30. The Morgan fingerprint density at radius 2 is 1.50 bits per heavy atom. The molecule has 1 atom stereocenters. The maximum Gasteiger partial charge on any atom is 0.416 e. The van der Waals surface area contributed by atoms with E-state index in [9.17, 15) is 18.0 Å². The highest BCUT2D eigenvalue weighted by molar-refractivity contribution is 9.09. The molecule has 0 fully saturated rings. The van der Waals surface area contributed by atoms with Gasteiger partial charge >= 0.3 is 6.18 Å². The van der Waals surface area contributed by atoms with Crippen LogP contribution in [0.3, 0.4) is 0 Å². The molecule has 0 heterocycles. The molecule has 0 saturated carbocycles. The van der Waals surface area contributed by atoms with Crippen molar-refractivity contribution >= 4 is 21.7 Å². The number of Topliss-reactive ketones (excluding diaryl/α,β-unsaturated/α-hetero) is 1. The molecule has 0 N–H and O–H groups in total. The molecule has 2 rings (SSSR count). The van der Waals surface area contributed by atoms with Crippen LogP contribution in [-0.4, -0.2) is 5.78 Å². The molecule has 2 aromatic carbocycles. The molecule has 104 valence electrons. The number of carbonyl (C=O) groups excluding carboxylic acids is 1. The number of alkyl halides is 4. The maximum absolute atomic E-state index is 12.5. The van der Waals surface area contributed by atoms with Gasteiger partial charge in [0.2, 0.25) is 0 Å². The van der Waals surface area contributed by atoms with Gasteiger partial charge in [-0.3, -0.25) is 4.79 Å². The number of benzene rings is 2. The Kier molecular flexibility index (Phi) is 4.28. The summed E-state index contributed by atoms with van der Waals surface area (Å²) in [4.78, 5) is 11.5. The Labute approximate surface area is 122 Å². The van der Waals surface area contributed by atoms with Crippen molar-refractivity contribution in [2.45, 2.75) is 11.0 Å². The van der Waals surface area contributed by atoms with Gasteiger partial charge in [-0.25, -0.2) is 0 Å². The Morgan fingerprint density at radius 3 is 2.00 bits per heavy atom. The van der Waals surface area contributed by atoms with Crippen LogP contribution in [0.2, 0.25) is 0 Å². The third-order valence-electron chi connectivity index (χ3n) is 2.82. The number of hydrogen-bond donors (Lipinski definition) is 0. The maximum atomic E-state index is 12.5. The molecule has 0 saturated heterocycles. The van der Waals surface area contributed by atoms with Crippen LogP contribution in [0.4, 0.5) is 13.2 Å². The third kappa shape index (κ3) is 3.28. The molecule has 1 unspecified atom stereocenters. The molecule has 5 heteroatoms. The second kappa shape index (κ2) is 5.79. The summed E-state index contributed by atoms with van der Waals surface area (Å²) in [5.41, 5.74) is 0.272. The van der Waals surface area contributed by atoms with Gasteiger partial charge in [0.25, 0.3) is 0 Å². The minimum absolute atomic E-state index is 0.189. The van der Waals surface area contributed by atoms with Crippen LogP contribution in [0.5, 0.6) is 0 Å². The first-order valence-corrected chi connectivity index (χ1v) is 6.71. The van der Waals surface area contributed by atoms with E-state index in [4.69, 9.17) is 0 Å². The molecule has 0 bridgehead atoms. The highest BCUT2D eigenvalue weighted by atomic mass is 79.9. The van der Waals surface area contributed by atoms with Crippen molar-refractivity contribution in [1.29, 1.82) is 0 Å². The van der Waals surface area contributed by atoms with Crippen LogP contribution in [0, 0.1) is 0 Å². The predicted molar refractivity (Wildman–Crippen MR) is 73.9 cm³/mol. The SMILES string of the molecule is O=C(c1ccccc1)C(Br)c1ccc(C(F)(F)F)cc1. The number of carbonyl (C=O) groups is 1. The summed E-state index contributed by atoms with van der Waals surface area (Å²) in [5.74, 6) is -0.189. The van der Waals surface area contributed by atoms with E-state index in [1.807, 2.05) is 0 Å². The van der Waals surface area contributed by atoms with E-state index in [-0.39, 0.29) is 5.78 Å². The van der Waals surface area contributed by atoms with Gasteiger partial charge in [-0.05, 0) is 17.7 Å². The predicted octanol–water partition coefficient (Wildman–Crippen LogP) is 5.02. The zero-order chi connectivity index (χ0) is 14.8. The first kappa shape index (κ1) is 14.8. The molecule has 0 radical (unpaired) electrons. The average molecular weight is 343 g/mol. The van der Waals surface area contributed by atoms with E-state index in [0.29, 0.717) is 11.1 Å². The molecule has 2 aromatic rings. The molecule has 0 aliphatic heterocycles. The molecular weight excluding hydrogens is 333 g/mol. The second-order valence-electron chi connectivity index (χ2n) is 4.21. The van der Waals surface area contributed by atoms with E-state index in [1.165, 1.54) is 12.1 Å². The van der Waals surface area contributed by atoms with Crippen molar-refractivity contribution in [1.82, 2.24) is 0 Å². The van der Waals surface area contributed by atoms with Crippen LogP contribution in [0.25, 0.3) is 0 Å². The van der Waals surface area contributed by atoms with E-state index in [1.54, 1.807) is 30.3 Å². The van der Waals surface area contributed by atoms with E-state index in [0.717, 1.165) is 12.1 Å². The van der Waals surface area contributed by atoms with Gasteiger partial charge in [0, 0.05) is 5.56 Å². The van der Waals surface area contributed by atoms with E-state index < -0.39 is 16.6 Å². The summed E-state index contributed by atoms with van der Waals surface area (Å²) in [6.07, 6.45) is -4.37. The van der Waals surface area contributed by atoms with E-state index in [2.05, 4.69) is 15.9 Å². The van der Waals surface area contributed by atoms with Crippen molar-refractivity contribution < 1.29 is 18.0 Å². The van der Waals surface area contributed by atoms with Gasteiger partial charge in [0.15, 0.2) is 5.78 Å². The molecule has 0 spiro atoms. The lowest BCUT2D eigenvalue weighted by atomic mass is 10.0. The first-order chi connectivity index (χ1) is 9.39. The fourth-order valence-electron chi connectivity index (χ4n) is 1.74. The normalized spacial score (nSPS) is 13.0. The van der Waals surface area contributed by atoms with Gasteiger partial charge in [-0.1, -0.05) is 58.4 Å². The monoisotopic (exact) mass is 342 g/mol. The molecule has 0 amide bonds. The zero-order valence-electron chi connectivity index (χ0n) is 10.2. The summed E-state index contributed by atoms with van der Waals surface area (Å²) in [5, 5.41) is 0. The van der Waals surface area contributed by atoms with Crippen molar-refractivity contribution in [2.75, 3.05) is 0 Å². The minimum atomic E-state index is -4.37. The van der Waals surface area contributed by atoms with Crippen molar-refractivity contribution in [3.63, 3.8) is 0 Å². The smallest absolute Gasteiger partial charge is 0.293 e. The zero-order valence-corrected chi connectivity index (χ0v) is 11.8. The lowest BCUT2D eigenvalue weighted by Crippen LogP contribution is -2.08. The molecule has 1 nitrogen and oxygen atoms in total. The minimum Gasteiger partial charge on any atom is -0.293 e. The summed E-state index contributed by atoms with van der Waals surface area (Å²) >= 11 is 3.23. The van der Waals surface area contributed by atoms with Crippen molar-refractivity contribution in [2.24, 2.45) is 0 Å². The van der Waals surface area contributed by atoms with Crippen LogP contribution < -0.4 is 0 Å². The number of hydrogen-bond acceptors (Lipinski definition) is 1. The Balaban J connectivity index is 2.22. The lowest BCUT2D eigenvalue weighted by Gasteiger charge is -2.11. The number of halogens is 4. The molecule has 0 aromatic heterocycles. The van der Waals surface area contributed by atoms with Gasteiger partial charge in [-0.2, -0.15) is 13.2 Å². The van der Waals surface area contributed by atoms with Crippen molar-refractivity contribution in [3.8, 4) is 0 Å². The van der Waals surface area contributed by atoms with E-state index >= 15 is 0 Å². The first-order valence-electron chi connectivity index (χ1n) is 5.80. The summed E-state index contributed by atoms with van der Waals surface area (Å²) in [6.45, 7) is 0. The van der Waals surface area contributed by atoms with Crippen LogP contribution in [0.15, 0.2) is 54.6 Å². The lowest BCUT2D eigenvalue weighted by molar-refractivity contribution is -0.137. The fraction of sp³-hybridized carbons (Fsp3) is 0.133. The average Bonchev–Trinajstić information content (AvgIpc) is 2.46. The summed E-state index contributed by atoms with van der Waals surface area (Å²) in [6, 6.07) is 13.2. The van der Waals surface area contributed by atoms with Crippen LogP contribution >= 0.6 is 15.9 Å². The van der Waals surface area contributed by atoms with Gasteiger partial charge in [-0.15, -0.1) is 0 Å². The summed E-state index contributed by atoms with van der Waals surface area (Å²) < 4.78 is 37.4. The highest BCUT2D eigenvalue weighted by Crippen LogP contribution is 2.32. The summed E-state index contributed by atoms with van der Waals surface area (Å²) in [7, 11) is 0. The largest absolute Gasteiger partial charge is 0.416 e. The Bertz CT molecular complexity index is 591. The number of ketones is 1. The van der Waals surface area contributed by atoms with Crippen molar-refractivity contribution in [3.05, 3.63) is 71.3 Å². The Hall–Kier alpha value is -1.62. The third-order valence-corrected chi connectivity index (χ3v) is 3.76. The topological polar surface area (TPSA) is 17.1 Å². The van der Waals surface area contributed by atoms with Crippen LogP contribution in [0.1, 0.15) is 26.3 Å². The fourth-order valence-corrected chi connectivity index (χ4v) is 2.31. The van der Waals surface area contributed by atoms with Gasteiger partial charge in [0.05, 0.1) is 5.56 Å². The molecular formula is C15H10BrF3O. The quantitative estimate of drug-likeness (QED) is 0.565.